The summed E-state index contributed by atoms with van der Waals surface area (Å²) in [6.07, 6.45) is 6.38. The predicted molar refractivity (Wildman–Crippen MR) is 143 cm³/mol. The first-order valence-corrected chi connectivity index (χ1v) is 14.1. The van der Waals surface area contributed by atoms with Gasteiger partial charge in [-0.1, -0.05) is 43.5 Å². The van der Waals surface area contributed by atoms with E-state index in [2.05, 4.69) is 10.6 Å². The molecule has 0 heterocycles. The molecule has 0 unspecified atom stereocenters. The fourth-order valence-electron chi connectivity index (χ4n) is 4.43. The molecule has 0 atom stereocenters. The summed E-state index contributed by atoms with van der Waals surface area (Å²) in [4.78, 5) is 25.9. The van der Waals surface area contributed by atoms with Gasteiger partial charge >= 0.3 is 0 Å². The molecule has 37 heavy (non-hydrogen) atoms. The molecule has 2 N–H and O–H groups in total. The summed E-state index contributed by atoms with van der Waals surface area (Å²) in [6, 6.07) is 18.7. The number of halogens is 1. The molecule has 4 rings (SSSR count). The second-order valence-electron chi connectivity index (χ2n) is 9.25. The van der Waals surface area contributed by atoms with Gasteiger partial charge in [-0.05, 0) is 66.9 Å². The van der Waals surface area contributed by atoms with Crippen molar-refractivity contribution in [2.45, 2.75) is 44.7 Å². The van der Waals surface area contributed by atoms with Gasteiger partial charge in [-0.15, -0.1) is 0 Å². The van der Waals surface area contributed by atoms with E-state index in [-0.39, 0.29) is 18.5 Å². The highest BCUT2D eigenvalue weighted by Gasteiger charge is 2.21. The normalized spacial score (nSPS) is 14.1. The maximum absolute atomic E-state index is 13.2. The number of hydrogen-bond donors (Lipinski definition) is 2. The molecule has 0 radical (unpaired) electrons. The molecule has 0 bridgehead atoms. The van der Waals surface area contributed by atoms with Crippen LogP contribution in [0.5, 0.6) is 0 Å². The van der Waals surface area contributed by atoms with Gasteiger partial charge in [0, 0.05) is 11.6 Å². The average Bonchev–Trinajstić information content (AvgIpc) is 2.88. The number of carbonyl (C=O) groups excluding carboxylic acids is 2. The number of benzene rings is 3. The molecule has 0 aromatic heterocycles. The standard InChI is InChI=1S/C28H30FN3O4S/c1-37(35,36)32(19-20-11-15-22(29)16-12-20)24-17-13-21(14-18-24)27(33)31-26-10-6-5-9-25(26)28(34)30-23-7-3-2-4-8-23/h5-6,9-18,23H,2-4,7-8,19H2,1H3,(H,30,34)(H,31,33). The molecule has 194 valence electrons. The van der Waals surface area contributed by atoms with Crippen LogP contribution in [-0.4, -0.2) is 32.5 Å². The van der Waals surface area contributed by atoms with Crippen LogP contribution in [-0.2, 0) is 16.6 Å². The average molecular weight is 524 g/mol. The molecule has 3 aromatic carbocycles. The van der Waals surface area contributed by atoms with Crippen molar-refractivity contribution in [1.29, 1.82) is 0 Å². The monoisotopic (exact) mass is 523 g/mol. The van der Waals surface area contributed by atoms with E-state index in [4.69, 9.17) is 0 Å². The minimum absolute atomic E-state index is 0.0220. The zero-order valence-electron chi connectivity index (χ0n) is 20.6. The van der Waals surface area contributed by atoms with Crippen LogP contribution in [0.1, 0.15) is 58.4 Å². The van der Waals surface area contributed by atoms with Crippen LogP contribution >= 0.6 is 0 Å². The van der Waals surface area contributed by atoms with Crippen molar-refractivity contribution in [3.63, 3.8) is 0 Å². The Morgan fingerprint density at radius 1 is 0.892 bits per heavy atom. The summed E-state index contributed by atoms with van der Waals surface area (Å²) in [5, 5.41) is 5.87. The van der Waals surface area contributed by atoms with Crippen LogP contribution in [0.15, 0.2) is 72.8 Å². The Hall–Kier alpha value is -3.72. The molecule has 0 spiro atoms. The number of amides is 2. The Labute approximate surface area is 216 Å². The van der Waals surface area contributed by atoms with Crippen molar-refractivity contribution in [3.8, 4) is 0 Å². The molecule has 7 nitrogen and oxygen atoms in total. The van der Waals surface area contributed by atoms with Crippen LogP contribution in [0, 0.1) is 5.82 Å². The SMILES string of the molecule is CS(=O)(=O)N(Cc1ccc(F)cc1)c1ccc(C(=O)Nc2ccccc2C(=O)NC2CCCCC2)cc1. The number of anilines is 2. The lowest BCUT2D eigenvalue weighted by atomic mass is 9.95. The van der Waals surface area contributed by atoms with E-state index in [0.29, 0.717) is 28.1 Å². The minimum atomic E-state index is -3.64. The van der Waals surface area contributed by atoms with Gasteiger partial charge < -0.3 is 10.6 Å². The third kappa shape index (κ3) is 6.95. The highest BCUT2D eigenvalue weighted by atomic mass is 32.2. The van der Waals surface area contributed by atoms with Crippen molar-refractivity contribution in [2.24, 2.45) is 0 Å². The fraction of sp³-hybridized carbons (Fsp3) is 0.286. The van der Waals surface area contributed by atoms with Gasteiger partial charge in [-0.2, -0.15) is 0 Å². The van der Waals surface area contributed by atoms with Crippen molar-refractivity contribution in [3.05, 3.63) is 95.3 Å². The number of para-hydroxylation sites is 1. The second-order valence-corrected chi connectivity index (χ2v) is 11.2. The third-order valence-corrected chi connectivity index (χ3v) is 7.56. The quantitative estimate of drug-likeness (QED) is 0.429. The fourth-order valence-corrected chi connectivity index (χ4v) is 5.32. The molecule has 9 heteroatoms. The molecule has 1 aliphatic rings. The van der Waals surface area contributed by atoms with Gasteiger partial charge in [-0.25, -0.2) is 12.8 Å². The Bertz CT molecular complexity index is 1350. The zero-order valence-corrected chi connectivity index (χ0v) is 21.4. The smallest absolute Gasteiger partial charge is 0.255 e. The van der Waals surface area contributed by atoms with Gasteiger partial charge in [0.2, 0.25) is 10.0 Å². The molecule has 0 aliphatic heterocycles. The van der Waals surface area contributed by atoms with Crippen molar-refractivity contribution >= 4 is 33.2 Å². The van der Waals surface area contributed by atoms with E-state index >= 15 is 0 Å². The minimum Gasteiger partial charge on any atom is -0.349 e. The first kappa shape index (κ1) is 26.3. The molecule has 3 aromatic rings. The maximum atomic E-state index is 13.2. The van der Waals surface area contributed by atoms with E-state index in [0.717, 1.165) is 31.9 Å². The largest absolute Gasteiger partial charge is 0.349 e. The number of nitrogens with one attached hydrogen (secondary N) is 2. The molecule has 1 fully saturated rings. The Morgan fingerprint density at radius 2 is 1.54 bits per heavy atom. The summed E-state index contributed by atoms with van der Waals surface area (Å²) in [5.74, 6) is -1.05. The number of hydrogen-bond acceptors (Lipinski definition) is 4. The van der Waals surface area contributed by atoms with E-state index in [1.807, 2.05) is 0 Å². The van der Waals surface area contributed by atoms with E-state index in [1.54, 1.807) is 36.4 Å². The Kier molecular flexibility index (Phi) is 8.23. The van der Waals surface area contributed by atoms with Crippen LogP contribution in [0.4, 0.5) is 15.8 Å². The lowest BCUT2D eigenvalue weighted by molar-refractivity contribution is 0.0928. The third-order valence-electron chi connectivity index (χ3n) is 6.42. The molecule has 1 saturated carbocycles. The topological polar surface area (TPSA) is 95.6 Å². The number of carbonyl (C=O) groups is 2. The van der Waals surface area contributed by atoms with Crippen LogP contribution < -0.4 is 14.9 Å². The first-order valence-electron chi connectivity index (χ1n) is 12.2. The van der Waals surface area contributed by atoms with Crippen LogP contribution in [0.3, 0.4) is 0 Å². The van der Waals surface area contributed by atoms with Gasteiger partial charge in [0.25, 0.3) is 11.8 Å². The van der Waals surface area contributed by atoms with E-state index in [9.17, 15) is 22.4 Å². The lowest BCUT2D eigenvalue weighted by Crippen LogP contribution is -2.36. The summed E-state index contributed by atoms with van der Waals surface area (Å²) in [5.41, 5.74) is 2.09. The molecular formula is C28H30FN3O4S. The summed E-state index contributed by atoms with van der Waals surface area (Å²) in [6.45, 7) is 0.0220. The summed E-state index contributed by atoms with van der Waals surface area (Å²) >= 11 is 0. The summed E-state index contributed by atoms with van der Waals surface area (Å²) in [7, 11) is -3.64. The highest BCUT2D eigenvalue weighted by molar-refractivity contribution is 7.92. The number of sulfonamides is 1. The Balaban J connectivity index is 1.48. The predicted octanol–water partition coefficient (Wildman–Crippen LogP) is 5.11. The zero-order chi connectivity index (χ0) is 26.4. The summed E-state index contributed by atoms with van der Waals surface area (Å²) < 4.78 is 39.3. The second kappa shape index (κ2) is 11.6. The Morgan fingerprint density at radius 3 is 2.19 bits per heavy atom. The van der Waals surface area contributed by atoms with Crippen molar-refractivity contribution in [2.75, 3.05) is 15.9 Å². The van der Waals surface area contributed by atoms with Crippen molar-refractivity contribution in [1.82, 2.24) is 5.32 Å². The van der Waals surface area contributed by atoms with E-state index < -0.39 is 21.7 Å². The highest BCUT2D eigenvalue weighted by Crippen LogP contribution is 2.23. The molecular weight excluding hydrogens is 493 g/mol. The van der Waals surface area contributed by atoms with Gasteiger partial charge in [0.15, 0.2) is 0 Å². The number of rotatable bonds is 8. The molecule has 1 aliphatic carbocycles. The van der Waals surface area contributed by atoms with Gasteiger partial charge in [-0.3, -0.25) is 13.9 Å². The molecule has 2 amide bonds. The van der Waals surface area contributed by atoms with Crippen LogP contribution in [0.25, 0.3) is 0 Å². The van der Waals surface area contributed by atoms with Gasteiger partial charge in [0.1, 0.15) is 5.82 Å². The van der Waals surface area contributed by atoms with E-state index in [1.165, 1.54) is 47.1 Å². The maximum Gasteiger partial charge on any atom is 0.255 e. The first-order chi connectivity index (χ1) is 17.7. The molecule has 0 saturated heterocycles. The number of nitrogens with zero attached hydrogens (tertiary/aromatic N) is 1. The van der Waals surface area contributed by atoms with Crippen molar-refractivity contribution < 1.29 is 22.4 Å². The van der Waals surface area contributed by atoms with Crippen LogP contribution in [0.2, 0.25) is 0 Å². The van der Waals surface area contributed by atoms with Gasteiger partial charge in [0.05, 0.1) is 29.7 Å². The lowest BCUT2D eigenvalue weighted by Gasteiger charge is -2.23.